The molecule has 2 amide bonds. The van der Waals surface area contributed by atoms with Gasteiger partial charge >= 0.3 is 0 Å². The highest BCUT2D eigenvalue weighted by atomic mass is 16.5. The molecule has 2 saturated heterocycles. The van der Waals surface area contributed by atoms with Crippen molar-refractivity contribution in [3.63, 3.8) is 0 Å². The third-order valence-corrected chi connectivity index (χ3v) is 6.21. The lowest BCUT2D eigenvalue weighted by atomic mass is 9.77. The molecule has 6 nitrogen and oxygen atoms in total. The smallest absolute Gasteiger partial charge is 0.230 e. The first-order chi connectivity index (χ1) is 14.2. The van der Waals surface area contributed by atoms with E-state index in [-0.39, 0.29) is 17.9 Å². The molecule has 3 aliphatic heterocycles. The van der Waals surface area contributed by atoms with Crippen LogP contribution < -0.4 is 5.32 Å². The van der Waals surface area contributed by atoms with Crippen molar-refractivity contribution in [2.45, 2.75) is 24.7 Å². The lowest BCUT2D eigenvalue weighted by Crippen LogP contribution is -2.44. The Labute approximate surface area is 169 Å². The molecule has 0 unspecified atom stereocenters. The molecule has 0 radical (unpaired) electrons. The van der Waals surface area contributed by atoms with E-state index in [0.717, 1.165) is 12.0 Å². The van der Waals surface area contributed by atoms with Crippen LogP contribution in [0.5, 0.6) is 0 Å². The summed E-state index contributed by atoms with van der Waals surface area (Å²) in [5.41, 5.74) is 1.52. The Bertz CT molecular complexity index is 946. The van der Waals surface area contributed by atoms with E-state index in [2.05, 4.69) is 22.4 Å². The highest BCUT2D eigenvalue weighted by Gasteiger charge is 2.66. The third kappa shape index (κ3) is 3.13. The summed E-state index contributed by atoms with van der Waals surface area (Å²) >= 11 is 0. The van der Waals surface area contributed by atoms with Crippen LogP contribution in [0.2, 0.25) is 0 Å². The zero-order valence-corrected chi connectivity index (χ0v) is 16.0. The van der Waals surface area contributed by atoms with Crippen LogP contribution in [0.15, 0.2) is 67.0 Å². The van der Waals surface area contributed by atoms with Gasteiger partial charge in [-0.25, -0.2) is 0 Å². The molecular formula is C23H23N3O3. The molecule has 1 aromatic carbocycles. The molecule has 1 N–H and O–H groups in total. The predicted octanol–water partition coefficient (Wildman–Crippen LogP) is 1.72. The number of likely N-dealkylation sites (tertiary alicyclic amines) is 1. The maximum Gasteiger partial charge on any atom is 0.230 e. The van der Waals surface area contributed by atoms with Crippen molar-refractivity contribution in [3.8, 4) is 0 Å². The minimum absolute atomic E-state index is 0.0249. The number of rotatable bonds is 6. The van der Waals surface area contributed by atoms with Gasteiger partial charge in [0.05, 0.1) is 24.5 Å². The normalized spacial score (nSPS) is 29.3. The molecule has 4 heterocycles. The fraction of sp³-hybridized carbons (Fsp3) is 0.348. The van der Waals surface area contributed by atoms with E-state index in [4.69, 9.17) is 4.74 Å². The average molecular weight is 389 g/mol. The summed E-state index contributed by atoms with van der Waals surface area (Å²) in [5.74, 6) is -1.01. The minimum Gasteiger partial charge on any atom is -0.360 e. The van der Waals surface area contributed by atoms with E-state index in [0.29, 0.717) is 19.6 Å². The number of fused-ring (bicyclic) bond motifs is 1. The molecule has 2 fully saturated rings. The predicted molar refractivity (Wildman–Crippen MR) is 107 cm³/mol. The van der Waals surface area contributed by atoms with Crippen molar-refractivity contribution in [1.29, 1.82) is 0 Å². The van der Waals surface area contributed by atoms with Crippen LogP contribution in [0.1, 0.15) is 11.1 Å². The van der Waals surface area contributed by atoms with Crippen LogP contribution in [0.3, 0.4) is 0 Å². The van der Waals surface area contributed by atoms with Crippen LogP contribution in [-0.2, 0) is 27.3 Å². The largest absolute Gasteiger partial charge is 0.360 e. The van der Waals surface area contributed by atoms with Gasteiger partial charge in [-0.2, -0.15) is 0 Å². The summed E-state index contributed by atoms with van der Waals surface area (Å²) in [4.78, 5) is 32.0. The summed E-state index contributed by atoms with van der Waals surface area (Å²) < 4.78 is 6.18. The first-order valence-corrected chi connectivity index (χ1v) is 10.0. The Balaban J connectivity index is 1.28. The van der Waals surface area contributed by atoms with Crippen molar-refractivity contribution in [2.75, 3.05) is 13.1 Å². The molecule has 4 atom stereocenters. The fourth-order valence-corrected chi connectivity index (χ4v) is 4.78. The maximum absolute atomic E-state index is 13.2. The zero-order valence-electron chi connectivity index (χ0n) is 16.0. The first-order valence-electron chi connectivity index (χ1n) is 10.0. The zero-order chi connectivity index (χ0) is 19.8. The molecule has 5 rings (SSSR count). The van der Waals surface area contributed by atoms with E-state index < -0.39 is 17.4 Å². The molecule has 0 aliphatic carbocycles. The Hall–Kier alpha value is -2.99. The Morgan fingerprint density at radius 2 is 1.97 bits per heavy atom. The van der Waals surface area contributed by atoms with Gasteiger partial charge in [-0.1, -0.05) is 42.5 Å². The van der Waals surface area contributed by atoms with Gasteiger partial charge in [-0.3, -0.25) is 14.6 Å². The monoisotopic (exact) mass is 389 g/mol. The maximum atomic E-state index is 13.2. The quantitative estimate of drug-likeness (QED) is 0.764. The van der Waals surface area contributed by atoms with Gasteiger partial charge in [0.15, 0.2) is 0 Å². The summed E-state index contributed by atoms with van der Waals surface area (Å²) in [6.07, 6.45) is 7.81. The van der Waals surface area contributed by atoms with E-state index in [1.165, 1.54) is 5.56 Å². The summed E-state index contributed by atoms with van der Waals surface area (Å²) in [6, 6.07) is 13.9. The lowest BCUT2D eigenvalue weighted by molar-refractivity contribution is -0.137. The number of pyridine rings is 1. The van der Waals surface area contributed by atoms with Crippen LogP contribution in [0.4, 0.5) is 0 Å². The number of hydrogen-bond acceptors (Lipinski definition) is 4. The van der Waals surface area contributed by atoms with E-state index in [1.807, 2.05) is 47.4 Å². The number of aromatic nitrogens is 1. The lowest BCUT2D eigenvalue weighted by Gasteiger charge is -2.23. The summed E-state index contributed by atoms with van der Waals surface area (Å²) in [5, 5.41) is 2.98. The first kappa shape index (κ1) is 18.1. The molecule has 29 heavy (non-hydrogen) atoms. The molecule has 148 valence electrons. The number of carbonyl (C=O) groups excluding carboxylic acids is 2. The Morgan fingerprint density at radius 3 is 2.76 bits per heavy atom. The second-order valence-corrected chi connectivity index (χ2v) is 7.97. The number of benzene rings is 1. The second kappa shape index (κ2) is 7.12. The standard InChI is InChI=1S/C23H23N3O3/c27-21(25-14-17-7-11-24-12-8-17)19-18-6-10-23(29-18)15-26(22(28)20(19)23)13-9-16-4-2-1-3-5-16/h1-8,10-12,18-20H,9,13-15H2,(H,25,27)/t18-,19+,20-,23+/m1/s1. The van der Waals surface area contributed by atoms with E-state index in [1.54, 1.807) is 12.4 Å². The van der Waals surface area contributed by atoms with Crippen molar-refractivity contribution >= 4 is 11.8 Å². The van der Waals surface area contributed by atoms with E-state index in [9.17, 15) is 9.59 Å². The number of nitrogens with zero attached hydrogens (tertiary/aromatic N) is 2. The molecular weight excluding hydrogens is 366 g/mol. The van der Waals surface area contributed by atoms with Gasteiger partial charge in [0, 0.05) is 25.5 Å². The fourth-order valence-electron chi connectivity index (χ4n) is 4.78. The highest BCUT2D eigenvalue weighted by Crippen LogP contribution is 2.51. The number of carbonyl (C=O) groups is 2. The highest BCUT2D eigenvalue weighted by molar-refractivity contribution is 5.93. The Kier molecular flexibility index (Phi) is 4.43. The number of amides is 2. The van der Waals surface area contributed by atoms with Crippen LogP contribution >= 0.6 is 0 Å². The number of hydrogen-bond donors (Lipinski definition) is 1. The van der Waals surface area contributed by atoms with Crippen molar-refractivity contribution in [1.82, 2.24) is 15.2 Å². The van der Waals surface area contributed by atoms with Crippen molar-refractivity contribution in [2.24, 2.45) is 11.8 Å². The summed E-state index contributed by atoms with van der Waals surface area (Å²) in [7, 11) is 0. The van der Waals surface area contributed by atoms with Gasteiger partial charge in [0.2, 0.25) is 11.8 Å². The molecule has 6 heteroatoms. The number of nitrogens with one attached hydrogen (secondary N) is 1. The SMILES string of the molecule is O=C(NCc1ccncc1)[C@H]1[C@H]2C=C[C@@]3(CN(CCc4ccccc4)C(=O)[C@@H]13)O2. The molecule has 2 aromatic rings. The molecule has 2 bridgehead atoms. The van der Waals surface area contributed by atoms with Gasteiger partial charge in [-0.05, 0) is 29.7 Å². The second-order valence-electron chi connectivity index (χ2n) is 7.97. The van der Waals surface area contributed by atoms with Gasteiger partial charge in [0.25, 0.3) is 0 Å². The van der Waals surface area contributed by atoms with Crippen LogP contribution in [0, 0.1) is 11.8 Å². The Morgan fingerprint density at radius 1 is 1.17 bits per heavy atom. The topological polar surface area (TPSA) is 71.5 Å². The van der Waals surface area contributed by atoms with Gasteiger partial charge in [-0.15, -0.1) is 0 Å². The summed E-state index contributed by atoms with van der Waals surface area (Å²) in [6.45, 7) is 1.57. The van der Waals surface area contributed by atoms with Gasteiger partial charge in [0.1, 0.15) is 5.60 Å². The van der Waals surface area contributed by atoms with Crippen LogP contribution in [0.25, 0.3) is 0 Å². The average Bonchev–Trinajstić information content (AvgIpc) is 3.40. The van der Waals surface area contributed by atoms with Gasteiger partial charge < -0.3 is 15.0 Å². The number of ether oxygens (including phenoxy) is 1. The molecule has 0 saturated carbocycles. The van der Waals surface area contributed by atoms with E-state index >= 15 is 0 Å². The minimum atomic E-state index is -0.656. The van der Waals surface area contributed by atoms with Crippen LogP contribution in [-0.4, -0.2) is 46.5 Å². The van der Waals surface area contributed by atoms with Crippen molar-refractivity contribution in [3.05, 3.63) is 78.1 Å². The third-order valence-electron chi connectivity index (χ3n) is 6.21. The molecule has 3 aliphatic rings. The van der Waals surface area contributed by atoms with Crippen molar-refractivity contribution < 1.29 is 14.3 Å². The molecule has 1 spiro atoms. The molecule has 1 aromatic heterocycles.